The number of hydrogen-bond donors (Lipinski definition) is 1. The number of hydrogen-bond acceptors (Lipinski definition) is 3. The predicted molar refractivity (Wildman–Crippen MR) is 92.4 cm³/mol. The Morgan fingerprint density at radius 1 is 1.12 bits per heavy atom. The van der Waals surface area contributed by atoms with E-state index in [4.69, 9.17) is 16.3 Å². The Morgan fingerprint density at radius 3 is 2.67 bits per heavy atom. The van der Waals surface area contributed by atoms with Gasteiger partial charge in [0.15, 0.2) is 6.61 Å². The van der Waals surface area contributed by atoms with Crippen LogP contribution >= 0.6 is 11.6 Å². The molecule has 1 aromatic heterocycles. The Bertz CT molecular complexity index is 818. The molecule has 3 aromatic rings. The summed E-state index contributed by atoms with van der Waals surface area (Å²) in [4.78, 5) is 11.9. The lowest BCUT2D eigenvalue weighted by Crippen LogP contribution is -2.28. The SMILES string of the molecule is O=C(COc1ccccc1Cl)NCc1cnn(-c2ccccc2)c1. The van der Waals surface area contributed by atoms with E-state index in [2.05, 4.69) is 10.4 Å². The fourth-order valence-electron chi connectivity index (χ4n) is 2.13. The minimum absolute atomic E-state index is 0.0868. The van der Waals surface area contributed by atoms with Crippen molar-refractivity contribution in [3.63, 3.8) is 0 Å². The molecule has 0 fully saturated rings. The Balaban J connectivity index is 1.50. The minimum atomic E-state index is -0.220. The number of para-hydroxylation sites is 2. The molecule has 122 valence electrons. The molecule has 2 aromatic carbocycles. The summed E-state index contributed by atoms with van der Waals surface area (Å²) in [6, 6.07) is 16.8. The molecule has 0 aliphatic carbocycles. The molecule has 1 amide bonds. The second kappa shape index (κ2) is 7.66. The number of carbonyl (C=O) groups is 1. The first-order valence-electron chi connectivity index (χ1n) is 7.45. The number of amides is 1. The van der Waals surface area contributed by atoms with Crippen LogP contribution in [0.2, 0.25) is 5.02 Å². The lowest BCUT2D eigenvalue weighted by atomic mass is 10.3. The van der Waals surface area contributed by atoms with Crippen LogP contribution in [0.1, 0.15) is 5.56 Å². The standard InChI is InChI=1S/C18H16ClN3O2/c19-16-8-4-5-9-17(16)24-13-18(23)20-10-14-11-21-22(12-14)15-6-2-1-3-7-15/h1-9,11-12H,10,13H2,(H,20,23). The third-order valence-corrected chi connectivity index (χ3v) is 3.65. The van der Waals surface area contributed by atoms with E-state index in [0.717, 1.165) is 11.3 Å². The van der Waals surface area contributed by atoms with Gasteiger partial charge in [-0.15, -0.1) is 0 Å². The van der Waals surface area contributed by atoms with Crippen molar-refractivity contribution in [3.8, 4) is 11.4 Å². The monoisotopic (exact) mass is 341 g/mol. The van der Waals surface area contributed by atoms with Gasteiger partial charge in [0.2, 0.25) is 0 Å². The van der Waals surface area contributed by atoms with Gasteiger partial charge in [-0.05, 0) is 24.3 Å². The Morgan fingerprint density at radius 2 is 1.88 bits per heavy atom. The molecule has 3 rings (SSSR count). The topological polar surface area (TPSA) is 56.1 Å². The average molecular weight is 342 g/mol. The minimum Gasteiger partial charge on any atom is -0.482 e. The van der Waals surface area contributed by atoms with Crippen LogP contribution in [0, 0.1) is 0 Å². The van der Waals surface area contributed by atoms with Gasteiger partial charge in [0, 0.05) is 18.3 Å². The van der Waals surface area contributed by atoms with Gasteiger partial charge in [-0.1, -0.05) is 41.9 Å². The molecular formula is C18H16ClN3O2. The molecule has 0 saturated heterocycles. The van der Waals surface area contributed by atoms with Gasteiger partial charge in [-0.2, -0.15) is 5.10 Å². The number of aromatic nitrogens is 2. The summed E-state index contributed by atoms with van der Waals surface area (Å²) < 4.78 is 7.16. The zero-order chi connectivity index (χ0) is 16.8. The average Bonchev–Trinajstić information content (AvgIpc) is 3.09. The second-order valence-corrected chi connectivity index (χ2v) is 5.53. The van der Waals surface area contributed by atoms with Crippen molar-refractivity contribution in [2.24, 2.45) is 0 Å². The first-order valence-corrected chi connectivity index (χ1v) is 7.83. The van der Waals surface area contributed by atoms with E-state index in [1.165, 1.54) is 0 Å². The van der Waals surface area contributed by atoms with Crippen LogP contribution in [-0.4, -0.2) is 22.3 Å². The zero-order valence-electron chi connectivity index (χ0n) is 12.9. The van der Waals surface area contributed by atoms with Crippen LogP contribution < -0.4 is 10.1 Å². The van der Waals surface area contributed by atoms with Gasteiger partial charge < -0.3 is 10.1 Å². The van der Waals surface area contributed by atoms with E-state index < -0.39 is 0 Å². The van der Waals surface area contributed by atoms with Gasteiger partial charge in [-0.25, -0.2) is 4.68 Å². The van der Waals surface area contributed by atoms with Gasteiger partial charge >= 0.3 is 0 Å². The van der Waals surface area contributed by atoms with Gasteiger partial charge in [0.25, 0.3) is 5.91 Å². The lowest BCUT2D eigenvalue weighted by molar-refractivity contribution is -0.123. The molecule has 0 aliphatic heterocycles. The highest BCUT2D eigenvalue weighted by Crippen LogP contribution is 2.22. The van der Waals surface area contributed by atoms with Crippen molar-refractivity contribution in [2.45, 2.75) is 6.54 Å². The van der Waals surface area contributed by atoms with Crippen molar-refractivity contribution in [1.29, 1.82) is 0 Å². The number of benzene rings is 2. The molecule has 5 nitrogen and oxygen atoms in total. The summed E-state index contributed by atoms with van der Waals surface area (Å²) in [5.41, 5.74) is 1.88. The normalized spacial score (nSPS) is 10.4. The first-order chi connectivity index (χ1) is 11.7. The molecule has 1 N–H and O–H groups in total. The van der Waals surface area contributed by atoms with Crippen molar-refractivity contribution < 1.29 is 9.53 Å². The summed E-state index contributed by atoms with van der Waals surface area (Å²) >= 11 is 5.97. The van der Waals surface area contributed by atoms with Gasteiger partial charge in [-0.3, -0.25) is 4.79 Å². The van der Waals surface area contributed by atoms with Crippen LogP contribution in [0.15, 0.2) is 67.0 Å². The van der Waals surface area contributed by atoms with Crippen LogP contribution in [0.3, 0.4) is 0 Å². The molecule has 0 radical (unpaired) electrons. The van der Waals surface area contributed by atoms with Crippen LogP contribution in [0.4, 0.5) is 0 Å². The molecule has 0 bridgehead atoms. The molecule has 0 atom stereocenters. The van der Waals surface area contributed by atoms with Crippen molar-refractivity contribution >= 4 is 17.5 Å². The molecule has 1 heterocycles. The number of carbonyl (C=O) groups excluding carboxylic acids is 1. The summed E-state index contributed by atoms with van der Waals surface area (Å²) in [5, 5.41) is 7.56. The smallest absolute Gasteiger partial charge is 0.258 e. The summed E-state index contributed by atoms with van der Waals surface area (Å²) in [6.45, 7) is 0.300. The van der Waals surface area contributed by atoms with Crippen LogP contribution in [0.25, 0.3) is 5.69 Å². The number of rotatable bonds is 6. The largest absolute Gasteiger partial charge is 0.482 e. The first kappa shape index (κ1) is 16.1. The molecule has 0 spiro atoms. The number of nitrogens with one attached hydrogen (secondary N) is 1. The highest BCUT2D eigenvalue weighted by molar-refractivity contribution is 6.32. The van der Waals surface area contributed by atoms with E-state index in [-0.39, 0.29) is 12.5 Å². The van der Waals surface area contributed by atoms with E-state index >= 15 is 0 Å². The molecule has 0 aliphatic rings. The fraction of sp³-hybridized carbons (Fsp3) is 0.111. The van der Waals surface area contributed by atoms with Gasteiger partial charge in [0.05, 0.1) is 16.9 Å². The molecule has 0 saturated carbocycles. The predicted octanol–water partition coefficient (Wildman–Crippen LogP) is 3.22. The zero-order valence-corrected chi connectivity index (χ0v) is 13.6. The highest BCUT2D eigenvalue weighted by atomic mass is 35.5. The molecule has 6 heteroatoms. The quantitative estimate of drug-likeness (QED) is 0.749. The third-order valence-electron chi connectivity index (χ3n) is 3.34. The van der Waals surface area contributed by atoms with E-state index in [0.29, 0.717) is 17.3 Å². The molecule has 0 unspecified atom stereocenters. The van der Waals surface area contributed by atoms with E-state index in [9.17, 15) is 4.79 Å². The lowest BCUT2D eigenvalue weighted by Gasteiger charge is -2.07. The fourth-order valence-corrected chi connectivity index (χ4v) is 2.32. The van der Waals surface area contributed by atoms with Gasteiger partial charge in [0.1, 0.15) is 5.75 Å². The summed E-state index contributed by atoms with van der Waals surface area (Å²) in [7, 11) is 0. The van der Waals surface area contributed by atoms with E-state index in [1.54, 1.807) is 35.1 Å². The number of ether oxygens (including phenoxy) is 1. The molecule has 24 heavy (non-hydrogen) atoms. The number of halogens is 1. The number of nitrogens with zero attached hydrogens (tertiary/aromatic N) is 2. The maximum Gasteiger partial charge on any atom is 0.258 e. The highest BCUT2D eigenvalue weighted by Gasteiger charge is 2.06. The summed E-state index contributed by atoms with van der Waals surface area (Å²) in [6.07, 6.45) is 3.60. The summed E-state index contributed by atoms with van der Waals surface area (Å²) in [5.74, 6) is 0.272. The van der Waals surface area contributed by atoms with Crippen molar-refractivity contribution in [3.05, 3.63) is 77.6 Å². The molecular weight excluding hydrogens is 326 g/mol. The Labute approximate surface area is 144 Å². The van der Waals surface area contributed by atoms with Crippen molar-refractivity contribution in [1.82, 2.24) is 15.1 Å². The van der Waals surface area contributed by atoms with Crippen LogP contribution in [0.5, 0.6) is 5.75 Å². The van der Waals surface area contributed by atoms with Crippen molar-refractivity contribution in [2.75, 3.05) is 6.61 Å². The van der Waals surface area contributed by atoms with Crippen LogP contribution in [-0.2, 0) is 11.3 Å². The Kier molecular flexibility index (Phi) is 5.13. The third kappa shape index (κ3) is 4.14. The Hall–Kier alpha value is -2.79. The van der Waals surface area contributed by atoms with E-state index in [1.807, 2.05) is 36.5 Å². The maximum absolute atomic E-state index is 11.9. The second-order valence-electron chi connectivity index (χ2n) is 5.12. The maximum atomic E-state index is 11.9.